The van der Waals surface area contributed by atoms with Gasteiger partial charge in [0.05, 0.1) is 11.5 Å². The number of rotatable bonds is 9. The molecule has 0 fully saturated rings. The maximum Gasteiger partial charge on any atom is 0.240 e. The summed E-state index contributed by atoms with van der Waals surface area (Å²) in [5.41, 5.74) is 0.700. The largest absolute Gasteiger partial charge is 0.392 e. The number of aliphatic hydroxyl groups excluding tert-OH is 1. The van der Waals surface area contributed by atoms with E-state index in [2.05, 4.69) is 23.5 Å². The first-order valence-electron chi connectivity index (χ1n) is 6.95. The predicted molar refractivity (Wildman–Crippen MR) is 80.0 cm³/mol. The van der Waals surface area contributed by atoms with Gasteiger partial charge in [0.1, 0.15) is 0 Å². The molecule has 6 heteroatoms. The van der Waals surface area contributed by atoms with Crippen LogP contribution in [0.2, 0.25) is 0 Å². The van der Waals surface area contributed by atoms with Crippen LogP contribution in [0.15, 0.2) is 29.2 Å². The van der Waals surface area contributed by atoms with Crippen LogP contribution in [0.4, 0.5) is 0 Å². The van der Waals surface area contributed by atoms with E-state index in [0.29, 0.717) is 12.1 Å². The van der Waals surface area contributed by atoms with Crippen LogP contribution in [0.25, 0.3) is 0 Å². The standard InChI is InChI=1S/C14H24N2O3S/c1-3-16(4-2)11-5-10-15-20(18,19)14-8-6-13(12-17)7-9-14/h6-9,15,17H,3-5,10-12H2,1-2H3. The van der Waals surface area contributed by atoms with Gasteiger partial charge in [-0.25, -0.2) is 13.1 Å². The number of aliphatic hydroxyl groups is 1. The molecule has 0 aliphatic heterocycles. The van der Waals surface area contributed by atoms with Crippen molar-refractivity contribution in [1.82, 2.24) is 9.62 Å². The molecule has 0 spiro atoms. The van der Waals surface area contributed by atoms with Gasteiger partial charge >= 0.3 is 0 Å². The third kappa shape index (κ3) is 5.20. The fourth-order valence-corrected chi connectivity index (χ4v) is 2.98. The molecular weight excluding hydrogens is 276 g/mol. The second kappa shape index (κ2) is 8.36. The smallest absolute Gasteiger partial charge is 0.240 e. The van der Waals surface area contributed by atoms with E-state index in [0.717, 1.165) is 26.1 Å². The lowest BCUT2D eigenvalue weighted by Crippen LogP contribution is -2.30. The van der Waals surface area contributed by atoms with Crippen molar-refractivity contribution < 1.29 is 13.5 Å². The summed E-state index contributed by atoms with van der Waals surface area (Å²) in [6.45, 7) is 7.38. The van der Waals surface area contributed by atoms with Crippen molar-refractivity contribution in [1.29, 1.82) is 0 Å². The minimum absolute atomic E-state index is 0.0857. The van der Waals surface area contributed by atoms with Crippen LogP contribution in [-0.4, -0.2) is 44.6 Å². The maximum atomic E-state index is 12.0. The summed E-state index contributed by atoms with van der Waals surface area (Å²) in [7, 11) is -3.45. The van der Waals surface area contributed by atoms with Gasteiger partial charge in [-0.1, -0.05) is 26.0 Å². The number of hydrogen-bond donors (Lipinski definition) is 2. The highest BCUT2D eigenvalue weighted by molar-refractivity contribution is 7.89. The summed E-state index contributed by atoms with van der Waals surface area (Å²) >= 11 is 0. The highest BCUT2D eigenvalue weighted by atomic mass is 32.2. The molecule has 114 valence electrons. The molecule has 0 bridgehead atoms. The number of benzene rings is 1. The van der Waals surface area contributed by atoms with Crippen LogP contribution in [0, 0.1) is 0 Å². The third-order valence-electron chi connectivity index (χ3n) is 3.25. The van der Waals surface area contributed by atoms with Crippen LogP contribution in [0.3, 0.4) is 0 Å². The molecule has 1 rings (SSSR count). The van der Waals surface area contributed by atoms with E-state index >= 15 is 0 Å². The molecule has 0 heterocycles. The van der Waals surface area contributed by atoms with Gasteiger partial charge in [0.25, 0.3) is 0 Å². The molecule has 0 aliphatic rings. The quantitative estimate of drug-likeness (QED) is 0.672. The van der Waals surface area contributed by atoms with E-state index in [1.165, 1.54) is 12.1 Å². The summed E-state index contributed by atoms with van der Waals surface area (Å²) in [6.07, 6.45) is 0.787. The lowest BCUT2D eigenvalue weighted by Gasteiger charge is -2.17. The van der Waals surface area contributed by atoms with Gasteiger partial charge < -0.3 is 10.0 Å². The van der Waals surface area contributed by atoms with Gasteiger partial charge in [0.15, 0.2) is 0 Å². The summed E-state index contributed by atoms with van der Waals surface area (Å²) < 4.78 is 26.7. The zero-order valence-corrected chi connectivity index (χ0v) is 13.0. The normalized spacial score (nSPS) is 12.0. The molecular formula is C14H24N2O3S. The molecule has 0 radical (unpaired) electrons. The van der Waals surface area contributed by atoms with Crippen LogP contribution >= 0.6 is 0 Å². The first-order chi connectivity index (χ1) is 9.53. The molecule has 0 saturated carbocycles. The first-order valence-corrected chi connectivity index (χ1v) is 8.43. The van der Waals surface area contributed by atoms with E-state index in [4.69, 9.17) is 5.11 Å². The minimum Gasteiger partial charge on any atom is -0.392 e. The van der Waals surface area contributed by atoms with Crippen molar-refractivity contribution in [2.75, 3.05) is 26.2 Å². The van der Waals surface area contributed by atoms with Crippen molar-refractivity contribution in [2.24, 2.45) is 0 Å². The minimum atomic E-state index is -3.45. The molecule has 0 amide bonds. The molecule has 20 heavy (non-hydrogen) atoms. The molecule has 0 aliphatic carbocycles. The average molecular weight is 300 g/mol. The van der Waals surface area contributed by atoms with Gasteiger partial charge in [-0.3, -0.25) is 0 Å². The van der Waals surface area contributed by atoms with Crippen molar-refractivity contribution in [3.63, 3.8) is 0 Å². The Morgan fingerprint density at radius 2 is 1.75 bits per heavy atom. The Morgan fingerprint density at radius 3 is 2.25 bits per heavy atom. The highest BCUT2D eigenvalue weighted by Gasteiger charge is 2.12. The van der Waals surface area contributed by atoms with Crippen molar-refractivity contribution >= 4 is 10.0 Å². The summed E-state index contributed by atoms with van der Waals surface area (Å²) in [4.78, 5) is 2.49. The number of hydrogen-bond acceptors (Lipinski definition) is 4. The Hall–Kier alpha value is -0.950. The molecule has 0 saturated heterocycles. The Balaban J connectivity index is 2.48. The average Bonchev–Trinajstić information content (AvgIpc) is 2.47. The van der Waals surface area contributed by atoms with Crippen LogP contribution in [0.1, 0.15) is 25.8 Å². The van der Waals surface area contributed by atoms with Crippen molar-refractivity contribution in [3.05, 3.63) is 29.8 Å². The highest BCUT2D eigenvalue weighted by Crippen LogP contribution is 2.10. The van der Waals surface area contributed by atoms with Crippen LogP contribution in [-0.2, 0) is 16.6 Å². The van der Waals surface area contributed by atoms with Gasteiger partial charge in [0, 0.05) is 6.54 Å². The summed E-state index contributed by atoms with van der Waals surface area (Å²) in [6, 6.07) is 6.26. The lowest BCUT2D eigenvalue weighted by atomic mass is 10.2. The second-order valence-corrected chi connectivity index (χ2v) is 6.35. The zero-order chi connectivity index (χ0) is 15.0. The van der Waals surface area contributed by atoms with Crippen molar-refractivity contribution in [3.8, 4) is 0 Å². The van der Waals surface area contributed by atoms with Gasteiger partial charge in [0.2, 0.25) is 10.0 Å². The molecule has 0 aromatic heterocycles. The topological polar surface area (TPSA) is 69.6 Å². The van der Waals surface area contributed by atoms with Crippen LogP contribution < -0.4 is 4.72 Å². The zero-order valence-electron chi connectivity index (χ0n) is 12.2. The third-order valence-corrected chi connectivity index (χ3v) is 4.73. The van der Waals surface area contributed by atoms with Gasteiger partial charge in [-0.05, 0) is 43.8 Å². The van der Waals surface area contributed by atoms with E-state index in [-0.39, 0.29) is 11.5 Å². The fourth-order valence-electron chi connectivity index (χ4n) is 1.91. The number of sulfonamides is 1. The van der Waals surface area contributed by atoms with Gasteiger partial charge in [-0.15, -0.1) is 0 Å². The van der Waals surface area contributed by atoms with Crippen LogP contribution in [0.5, 0.6) is 0 Å². The van der Waals surface area contributed by atoms with E-state index in [9.17, 15) is 8.42 Å². The Kier molecular flexibility index (Phi) is 7.15. The van der Waals surface area contributed by atoms with E-state index in [1.54, 1.807) is 12.1 Å². The lowest BCUT2D eigenvalue weighted by molar-refractivity contribution is 0.282. The Labute approximate surface area is 121 Å². The molecule has 2 N–H and O–H groups in total. The fraction of sp³-hybridized carbons (Fsp3) is 0.571. The number of nitrogens with one attached hydrogen (secondary N) is 1. The first kappa shape index (κ1) is 17.1. The molecule has 1 aromatic carbocycles. The van der Waals surface area contributed by atoms with E-state index in [1.807, 2.05) is 0 Å². The Bertz CT molecular complexity index is 482. The predicted octanol–water partition coefficient (Wildman–Crippen LogP) is 1.19. The van der Waals surface area contributed by atoms with Crippen molar-refractivity contribution in [2.45, 2.75) is 31.8 Å². The molecule has 5 nitrogen and oxygen atoms in total. The molecule has 0 atom stereocenters. The molecule has 0 unspecified atom stereocenters. The van der Waals surface area contributed by atoms with E-state index < -0.39 is 10.0 Å². The SMILES string of the molecule is CCN(CC)CCCNS(=O)(=O)c1ccc(CO)cc1. The number of nitrogens with zero attached hydrogens (tertiary/aromatic N) is 1. The van der Waals surface area contributed by atoms with Gasteiger partial charge in [-0.2, -0.15) is 0 Å². The maximum absolute atomic E-state index is 12.0. The monoisotopic (exact) mass is 300 g/mol. The second-order valence-electron chi connectivity index (χ2n) is 4.58. The molecule has 1 aromatic rings. The summed E-state index contributed by atoms with van der Waals surface area (Å²) in [5, 5.41) is 8.93. The summed E-state index contributed by atoms with van der Waals surface area (Å²) in [5.74, 6) is 0. The Morgan fingerprint density at radius 1 is 1.15 bits per heavy atom.